The minimum Gasteiger partial charge on any atom is -0.337 e. The number of amides is 2. The molecule has 1 saturated heterocycles. The number of nitrogens with one attached hydrogen (secondary N) is 1. The van der Waals surface area contributed by atoms with Crippen LogP contribution in [-0.4, -0.2) is 29.8 Å². The third kappa shape index (κ3) is 3.98. The second-order valence-corrected chi connectivity index (χ2v) is 8.20. The molecule has 1 aromatic heterocycles. The van der Waals surface area contributed by atoms with E-state index in [1.54, 1.807) is 0 Å². The van der Waals surface area contributed by atoms with Gasteiger partial charge in [-0.25, -0.2) is 0 Å². The maximum Gasteiger partial charge on any atom is 0.263 e. The Balaban J connectivity index is 1.72. The molecule has 1 atom stereocenters. The van der Waals surface area contributed by atoms with E-state index < -0.39 is 0 Å². The highest BCUT2D eigenvalue weighted by Crippen LogP contribution is 2.29. The zero-order valence-corrected chi connectivity index (χ0v) is 16.4. The number of nitrogens with zero attached hydrogens (tertiary/aromatic N) is 1. The number of piperidine rings is 1. The number of carbonyl (C=O) groups excluding carboxylic acids is 2. The highest BCUT2D eigenvalue weighted by Gasteiger charge is 2.29. The van der Waals surface area contributed by atoms with Crippen LogP contribution in [0.15, 0.2) is 35.7 Å². The Morgan fingerprint density at radius 1 is 1.23 bits per heavy atom. The summed E-state index contributed by atoms with van der Waals surface area (Å²) in [5.74, 6) is 0.238. The van der Waals surface area contributed by atoms with E-state index in [-0.39, 0.29) is 17.7 Å². The predicted octanol–water partition coefficient (Wildman–Crippen LogP) is 4.67. The number of carbonyl (C=O) groups is 2. The number of benzene rings is 1. The van der Waals surface area contributed by atoms with Crippen molar-refractivity contribution in [2.24, 2.45) is 5.92 Å². The molecular formula is C21H26N2O2S. The minimum absolute atomic E-state index is 0.0184. The summed E-state index contributed by atoms with van der Waals surface area (Å²) >= 11 is 1.45. The van der Waals surface area contributed by atoms with Gasteiger partial charge in [0.2, 0.25) is 5.91 Å². The molecule has 2 aromatic rings. The van der Waals surface area contributed by atoms with E-state index in [4.69, 9.17) is 0 Å². The van der Waals surface area contributed by atoms with Crippen molar-refractivity contribution in [3.63, 3.8) is 0 Å². The molecule has 138 valence electrons. The molecule has 1 unspecified atom stereocenters. The summed E-state index contributed by atoms with van der Waals surface area (Å²) in [6, 6.07) is 9.86. The van der Waals surface area contributed by atoms with Gasteiger partial charge >= 0.3 is 0 Å². The molecule has 4 nitrogen and oxygen atoms in total. The van der Waals surface area contributed by atoms with E-state index in [1.165, 1.54) is 11.3 Å². The number of hydrogen-bond donors (Lipinski definition) is 1. The molecule has 1 aliphatic rings. The van der Waals surface area contributed by atoms with Crippen LogP contribution in [-0.2, 0) is 4.79 Å². The highest BCUT2D eigenvalue weighted by atomic mass is 32.1. The zero-order valence-electron chi connectivity index (χ0n) is 15.6. The SMILES string of the molecule is Cc1cccc(C(C)C)c1NC(=O)C1CCCN(C(=O)c2cccs2)C1. The van der Waals surface area contributed by atoms with Crippen molar-refractivity contribution >= 4 is 28.8 Å². The van der Waals surface area contributed by atoms with Gasteiger partial charge < -0.3 is 10.2 Å². The standard InChI is InChI=1S/C21H26N2O2S/c1-14(2)17-9-4-7-15(3)19(17)22-20(24)16-8-5-11-23(13-16)21(25)18-10-6-12-26-18/h4,6-7,9-10,12,14,16H,5,8,11,13H2,1-3H3,(H,22,24). The van der Waals surface area contributed by atoms with Crippen LogP contribution in [0.3, 0.4) is 0 Å². The molecule has 0 saturated carbocycles. The van der Waals surface area contributed by atoms with Gasteiger partial charge in [-0.15, -0.1) is 11.3 Å². The molecule has 2 amide bonds. The van der Waals surface area contributed by atoms with Gasteiger partial charge in [0.05, 0.1) is 10.8 Å². The summed E-state index contributed by atoms with van der Waals surface area (Å²) in [5.41, 5.74) is 3.15. The topological polar surface area (TPSA) is 49.4 Å². The molecule has 3 rings (SSSR count). The lowest BCUT2D eigenvalue weighted by molar-refractivity contribution is -0.121. The Hall–Kier alpha value is -2.14. The molecule has 1 fully saturated rings. The van der Waals surface area contributed by atoms with Gasteiger partial charge in [0.15, 0.2) is 0 Å². The lowest BCUT2D eigenvalue weighted by Crippen LogP contribution is -2.43. The van der Waals surface area contributed by atoms with E-state index in [1.807, 2.05) is 41.5 Å². The van der Waals surface area contributed by atoms with E-state index in [0.717, 1.165) is 41.1 Å². The highest BCUT2D eigenvalue weighted by molar-refractivity contribution is 7.12. The van der Waals surface area contributed by atoms with Crippen molar-refractivity contribution in [2.75, 3.05) is 18.4 Å². The van der Waals surface area contributed by atoms with Crippen molar-refractivity contribution in [2.45, 2.75) is 39.5 Å². The Labute approximate surface area is 159 Å². The normalized spacial score (nSPS) is 17.4. The summed E-state index contributed by atoms with van der Waals surface area (Å²) in [7, 11) is 0. The second-order valence-electron chi connectivity index (χ2n) is 7.25. The third-order valence-corrected chi connectivity index (χ3v) is 5.84. The average molecular weight is 371 g/mol. The van der Waals surface area contributed by atoms with Crippen LogP contribution in [0.25, 0.3) is 0 Å². The van der Waals surface area contributed by atoms with E-state index in [9.17, 15) is 9.59 Å². The molecule has 5 heteroatoms. The quantitative estimate of drug-likeness (QED) is 0.850. The van der Waals surface area contributed by atoms with Gasteiger partial charge in [-0.05, 0) is 48.3 Å². The van der Waals surface area contributed by atoms with Crippen LogP contribution in [0.1, 0.15) is 53.4 Å². The monoisotopic (exact) mass is 370 g/mol. The summed E-state index contributed by atoms with van der Waals surface area (Å²) < 4.78 is 0. The zero-order chi connectivity index (χ0) is 18.7. The van der Waals surface area contributed by atoms with Crippen molar-refractivity contribution < 1.29 is 9.59 Å². The summed E-state index contributed by atoms with van der Waals surface area (Å²) in [6.45, 7) is 7.50. The molecule has 0 spiro atoms. The van der Waals surface area contributed by atoms with Crippen LogP contribution >= 0.6 is 11.3 Å². The van der Waals surface area contributed by atoms with Gasteiger partial charge in [-0.2, -0.15) is 0 Å². The lowest BCUT2D eigenvalue weighted by Gasteiger charge is -2.32. The largest absolute Gasteiger partial charge is 0.337 e. The number of thiophene rings is 1. The number of hydrogen-bond acceptors (Lipinski definition) is 3. The fourth-order valence-electron chi connectivity index (χ4n) is 3.50. The van der Waals surface area contributed by atoms with Crippen LogP contribution in [0, 0.1) is 12.8 Å². The van der Waals surface area contributed by atoms with Crippen LogP contribution < -0.4 is 5.32 Å². The number of aryl methyl sites for hydroxylation is 1. The molecule has 0 aliphatic carbocycles. The molecule has 0 bridgehead atoms. The molecule has 2 heterocycles. The molecule has 1 aliphatic heterocycles. The molecule has 26 heavy (non-hydrogen) atoms. The number of para-hydroxylation sites is 1. The maximum absolute atomic E-state index is 12.9. The smallest absolute Gasteiger partial charge is 0.263 e. The summed E-state index contributed by atoms with van der Waals surface area (Å²) in [5, 5.41) is 5.06. The van der Waals surface area contributed by atoms with Gasteiger partial charge in [0, 0.05) is 18.8 Å². The Morgan fingerprint density at radius 3 is 2.73 bits per heavy atom. The van der Waals surface area contributed by atoms with E-state index in [0.29, 0.717) is 12.5 Å². The molecule has 1 aromatic carbocycles. The van der Waals surface area contributed by atoms with E-state index in [2.05, 4.69) is 25.2 Å². The third-order valence-electron chi connectivity index (χ3n) is 4.99. The fourth-order valence-corrected chi connectivity index (χ4v) is 4.19. The average Bonchev–Trinajstić information content (AvgIpc) is 3.17. The fraction of sp³-hybridized carbons (Fsp3) is 0.429. The van der Waals surface area contributed by atoms with Crippen molar-refractivity contribution in [1.29, 1.82) is 0 Å². The summed E-state index contributed by atoms with van der Waals surface area (Å²) in [4.78, 5) is 28.1. The first kappa shape index (κ1) is 18.6. The van der Waals surface area contributed by atoms with Crippen molar-refractivity contribution in [3.05, 3.63) is 51.7 Å². The van der Waals surface area contributed by atoms with Crippen LogP contribution in [0.4, 0.5) is 5.69 Å². The molecular weight excluding hydrogens is 344 g/mol. The van der Waals surface area contributed by atoms with E-state index >= 15 is 0 Å². The Kier molecular flexibility index (Phi) is 5.77. The number of likely N-dealkylation sites (tertiary alicyclic amines) is 1. The molecule has 1 N–H and O–H groups in total. The van der Waals surface area contributed by atoms with Gasteiger partial charge in [-0.3, -0.25) is 9.59 Å². The van der Waals surface area contributed by atoms with Gasteiger partial charge in [0.25, 0.3) is 5.91 Å². The van der Waals surface area contributed by atoms with Gasteiger partial charge in [-0.1, -0.05) is 38.1 Å². The van der Waals surface area contributed by atoms with Crippen molar-refractivity contribution in [1.82, 2.24) is 4.90 Å². The lowest BCUT2D eigenvalue weighted by atomic mass is 9.95. The Bertz CT molecular complexity index is 783. The van der Waals surface area contributed by atoms with Crippen LogP contribution in [0.5, 0.6) is 0 Å². The number of anilines is 1. The number of rotatable bonds is 4. The minimum atomic E-state index is -0.160. The maximum atomic E-state index is 12.9. The van der Waals surface area contributed by atoms with Crippen molar-refractivity contribution in [3.8, 4) is 0 Å². The predicted molar refractivity (Wildman–Crippen MR) is 107 cm³/mol. The first-order valence-electron chi connectivity index (χ1n) is 9.20. The van der Waals surface area contributed by atoms with Gasteiger partial charge in [0.1, 0.15) is 0 Å². The second kappa shape index (κ2) is 8.04. The molecule has 0 radical (unpaired) electrons. The summed E-state index contributed by atoms with van der Waals surface area (Å²) in [6.07, 6.45) is 1.68. The first-order valence-corrected chi connectivity index (χ1v) is 10.1. The first-order chi connectivity index (χ1) is 12.5. The Morgan fingerprint density at radius 2 is 2.04 bits per heavy atom. The van der Waals surface area contributed by atoms with Crippen LogP contribution in [0.2, 0.25) is 0 Å².